The van der Waals surface area contributed by atoms with Crippen molar-refractivity contribution in [2.75, 3.05) is 0 Å². The summed E-state index contributed by atoms with van der Waals surface area (Å²) in [6.07, 6.45) is 13.4. The van der Waals surface area contributed by atoms with E-state index in [9.17, 15) is 0 Å². The summed E-state index contributed by atoms with van der Waals surface area (Å²) in [4.78, 5) is 15.0. The maximum Gasteiger partial charge on any atom is 0.380 e. The van der Waals surface area contributed by atoms with E-state index in [1.165, 1.54) is 22.4 Å². The molecule has 0 amide bonds. The van der Waals surface area contributed by atoms with E-state index in [1.807, 2.05) is 60.7 Å². The molecule has 9 heteroatoms. The normalized spacial score (nSPS) is 16.2. The first kappa shape index (κ1) is 28.2. The summed E-state index contributed by atoms with van der Waals surface area (Å²) >= 11 is 0. The molecule has 4 aromatic carbocycles. The molecular formula is C39H29B3N6. The minimum Gasteiger partial charge on any atom is -0.423 e. The summed E-state index contributed by atoms with van der Waals surface area (Å²) in [5, 5.41) is 0. The van der Waals surface area contributed by atoms with Gasteiger partial charge in [-0.1, -0.05) is 157 Å². The standard InChI is InChI=1S/C39H29B3N6/c1-5-14-30(15-6-1)34-23-26-40-46(28-34)41-25-13-22-36(31-16-7-2-8-17-31)48(41)42-27-24-35(29-47(40)42)39-44-37(32-18-9-3-10-19-32)43-38(45-39)33-20-11-4-12-21-33/h1-29H. The van der Waals surface area contributed by atoms with Gasteiger partial charge in [0.1, 0.15) is 0 Å². The molecule has 0 bridgehead atoms. The van der Waals surface area contributed by atoms with Crippen LogP contribution in [0, 0.1) is 0 Å². The number of hydrogen-bond acceptors (Lipinski definition) is 6. The highest BCUT2D eigenvalue weighted by Gasteiger charge is 2.52. The van der Waals surface area contributed by atoms with Crippen molar-refractivity contribution >= 4 is 37.8 Å². The second-order valence-corrected chi connectivity index (χ2v) is 12.1. The predicted molar refractivity (Wildman–Crippen MR) is 198 cm³/mol. The van der Waals surface area contributed by atoms with Crippen LogP contribution in [0.15, 0.2) is 176 Å². The summed E-state index contributed by atoms with van der Waals surface area (Å²) in [6.45, 7) is -0.0320. The number of benzene rings is 4. The van der Waals surface area contributed by atoms with E-state index >= 15 is 0 Å². The van der Waals surface area contributed by atoms with Crippen molar-refractivity contribution in [3.8, 4) is 22.8 Å². The van der Waals surface area contributed by atoms with E-state index in [1.54, 1.807) is 0 Å². The van der Waals surface area contributed by atoms with Crippen LogP contribution in [0.3, 0.4) is 0 Å². The molecule has 0 atom stereocenters. The van der Waals surface area contributed by atoms with Crippen LogP contribution in [0.5, 0.6) is 0 Å². The fraction of sp³-hybridized carbons (Fsp3) is 0. The molecule has 0 aliphatic carbocycles. The molecule has 5 aromatic rings. The molecule has 4 aliphatic heterocycles. The lowest BCUT2D eigenvalue weighted by Gasteiger charge is -2.55. The molecule has 1 fully saturated rings. The minimum absolute atomic E-state index is 0.0197. The van der Waals surface area contributed by atoms with Crippen molar-refractivity contribution in [1.82, 2.24) is 29.1 Å². The lowest BCUT2D eigenvalue weighted by atomic mass is 9.41. The molecule has 0 radical (unpaired) electrons. The van der Waals surface area contributed by atoms with Crippen molar-refractivity contribution in [1.29, 1.82) is 0 Å². The van der Waals surface area contributed by atoms with Crippen LogP contribution in [0.1, 0.15) is 17.0 Å². The van der Waals surface area contributed by atoms with Crippen LogP contribution in [0.4, 0.5) is 0 Å². The van der Waals surface area contributed by atoms with Gasteiger partial charge in [-0.15, -0.1) is 0 Å². The Morgan fingerprint density at radius 1 is 0.417 bits per heavy atom. The van der Waals surface area contributed by atoms with Gasteiger partial charge in [0.25, 0.3) is 0 Å². The van der Waals surface area contributed by atoms with Gasteiger partial charge in [0.05, 0.1) is 0 Å². The lowest BCUT2D eigenvalue weighted by Crippen LogP contribution is -2.74. The molecule has 6 nitrogen and oxygen atoms in total. The third-order valence-electron chi connectivity index (χ3n) is 9.21. The Kier molecular flexibility index (Phi) is 7.01. The summed E-state index contributed by atoms with van der Waals surface area (Å²) in [5.41, 5.74) is 7.59. The third kappa shape index (κ3) is 5.01. The highest BCUT2D eigenvalue weighted by molar-refractivity contribution is 6.93. The van der Waals surface area contributed by atoms with Crippen molar-refractivity contribution < 1.29 is 0 Å². The summed E-state index contributed by atoms with van der Waals surface area (Å²) in [7, 11) is 0. The first-order valence-electron chi connectivity index (χ1n) is 16.3. The van der Waals surface area contributed by atoms with E-state index in [0.717, 1.165) is 16.7 Å². The molecule has 0 spiro atoms. The first-order valence-corrected chi connectivity index (χ1v) is 16.3. The van der Waals surface area contributed by atoms with Crippen molar-refractivity contribution in [3.05, 3.63) is 193 Å². The number of allylic oxidation sites excluding steroid dienone is 6. The topological polar surface area (TPSA) is 48.4 Å². The molecule has 9 rings (SSSR count). The van der Waals surface area contributed by atoms with E-state index in [0.29, 0.717) is 17.5 Å². The molecule has 0 saturated carbocycles. The van der Waals surface area contributed by atoms with Crippen LogP contribution in [-0.4, -0.2) is 50.1 Å². The quantitative estimate of drug-likeness (QED) is 0.193. The fourth-order valence-electron chi connectivity index (χ4n) is 6.93. The SMILES string of the molecule is C1=CB2N3C=C(c4ccccc4)C=CB3N3C=C(c4nc(-c5ccccc5)nc(-c5ccccc5)n4)C=CB3N2C(c2ccccc2)=C1. The zero-order chi connectivity index (χ0) is 31.9. The van der Waals surface area contributed by atoms with E-state index in [2.05, 4.69) is 129 Å². The Morgan fingerprint density at radius 2 is 0.875 bits per heavy atom. The first-order chi connectivity index (χ1) is 23.8. The van der Waals surface area contributed by atoms with Crippen LogP contribution >= 0.6 is 0 Å². The highest BCUT2D eigenvalue weighted by atomic mass is 15.3. The van der Waals surface area contributed by atoms with E-state index in [4.69, 9.17) is 15.0 Å². The molecule has 0 N–H and O–H groups in total. The van der Waals surface area contributed by atoms with Gasteiger partial charge in [-0.25, -0.2) is 15.0 Å². The van der Waals surface area contributed by atoms with Crippen LogP contribution in [0.2, 0.25) is 0 Å². The largest absolute Gasteiger partial charge is 0.423 e. The van der Waals surface area contributed by atoms with Crippen molar-refractivity contribution in [2.24, 2.45) is 0 Å². The Bertz CT molecular complexity index is 2110. The number of aromatic nitrogens is 3. The summed E-state index contributed by atoms with van der Waals surface area (Å²) in [6, 6.07) is 41.5. The average Bonchev–Trinajstić information content (AvgIpc) is 3.18. The Hall–Kier alpha value is -6.08. The van der Waals surface area contributed by atoms with Gasteiger partial charge in [-0.3, -0.25) is 0 Å². The van der Waals surface area contributed by atoms with Gasteiger partial charge in [-0.05, 0) is 35.2 Å². The van der Waals surface area contributed by atoms with Gasteiger partial charge in [0, 0.05) is 22.4 Å². The zero-order valence-corrected chi connectivity index (χ0v) is 26.2. The molecule has 1 aromatic heterocycles. The molecule has 48 heavy (non-hydrogen) atoms. The minimum atomic E-state index is -0.0308. The Balaban J connectivity index is 1.17. The van der Waals surface area contributed by atoms with Crippen LogP contribution < -0.4 is 0 Å². The monoisotopic (exact) mass is 614 g/mol. The maximum absolute atomic E-state index is 5.04. The second kappa shape index (κ2) is 11.9. The maximum atomic E-state index is 5.04. The lowest BCUT2D eigenvalue weighted by molar-refractivity contribution is 0.634. The van der Waals surface area contributed by atoms with Gasteiger partial charge >= 0.3 is 20.9 Å². The van der Waals surface area contributed by atoms with Gasteiger partial charge in [-0.2, -0.15) is 0 Å². The Labute approximate surface area is 281 Å². The summed E-state index contributed by atoms with van der Waals surface area (Å²) in [5.74, 6) is 8.84. The molecule has 4 aliphatic rings. The third-order valence-corrected chi connectivity index (χ3v) is 9.21. The Morgan fingerprint density at radius 3 is 1.48 bits per heavy atom. The van der Waals surface area contributed by atoms with Crippen LogP contribution in [0.25, 0.3) is 39.6 Å². The number of nitrogens with zero attached hydrogens (tertiary/aromatic N) is 6. The van der Waals surface area contributed by atoms with Gasteiger partial charge < -0.3 is 14.2 Å². The molecule has 224 valence electrons. The number of hydrogen-bond donors (Lipinski definition) is 0. The highest BCUT2D eigenvalue weighted by Crippen LogP contribution is 2.38. The molecule has 1 saturated heterocycles. The molecule has 0 unspecified atom stereocenters. The number of fused-ring (bicyclic) bond motifs is 6. The van der Waals surface area contributed by atoms with Crippen LogP contribution in [-0.2, 0) is 0 Å². The van der Waals surface area contributed by atoms with Crippen molar-refractivity contribution in [3.63, 3.8) is 0 Å². The van der Waals surface area contributed by atoms with E-state index in [-0.39, 0.29) is 20.9 Å². The predicted octanol–water partition coefficient (Wildman–Crippen LogP) is 7.34. The fourth-order valence-corrected chi connectivity index (χ4v) is 6.93. The van der Waals surface area contributed by atoms with E-state index < -0.39 is 0 Å². The van der Waals surface area contributed by atoms with Gasteiger partial charge in [0.15, 0.2) is 17.5 Å². The van der Waals surface area contributed by atoms with Crippen molar-refractivity contribution in [2.45, 2.75) is 0 Å². The molecular weight excluding hydrogens is 585 g/mol. The number of rotatable bonds is 5. The molecule has 5 heterocycles. The second-order valence-electron chi connectivity index (χ2n) is 12.1. The smallest absolute Gasteiger partial charge is 0.380 e. The van der Waals surface area contributed by atoms with Gasteiger partial charge in [0.2, 0.25) is 0 Å². The average molecular weight is 614 g/mol. The zero-order valence-electron chi connectivity index (χ0n) is 26.2. The summed E-state index contributed by atoms with van der Waals surface area (Å²) < 4.78 is 7.38.